The van der Waals surface area contributed by atoms with Crippen molar-refractivity contribution in [3.05, 3.63) is 63.0 Å². The molecule has 5 nitrogen and oxygen atoms in total. The Balaban J connectivity index is 2.14. The first-order valence-corrected chi connectivity index (χ1v) is 11.1. The molecule has 0 radical (unpaired) electrons. The predicted octanol–water partition coefficient (Wildman–Crippen LogP) is 4.92. The summed E-state index contributed by atoms with van der Waals surface area (Å²) >= 11 is 6.83. The third-order valence-corrected chi connectivity index (χ3v) is 5.61. The van der Waals surface area contributed by atoms with Crippen LogP contribution in [0.4, 0.5) is 0 Å². The van der Waals surface area contributed by atoms with Gasteiger partial charge in [-0.05, 0) is 62.2 Å². The first-order valence-electron chi connectivity index (χ1n) is 9.52. The van der Waals surface area contributed by atoms with E-state index >= 15 is 0 Å². The summed E-state index contributed by atoms with van der Waals surface area (Å²) in [5.41, 5.74) is 0.930. The third kappa shape index (κ3) is 7.48. The lowest BCUT2D eigenvalue weighted by atomic mass is 10.1. The number of ether oxygens (including phenoxy) is 1. The van der Waals surface area contributed by atoms with Crippen LogP contribution in [0, 0.1) is 0 Å². The molecular weight excluding hydrogens is 500 g/mol. The zero-order valence-electron chi connectivity index (χ0n) is 16.8. The normalized spacial score (nSPS) is 12.7. The van der Waals surface area contributed by atoms with Crippen LogP contribution in [0.5, 0.6) is 5.75 Å². The number of carbonyl (C=O) groups excluding carboxylic acids is 2. The van der Waals surface area contributed by atoms with Gasteiger partial charge in [0.1, 0.15) is 11.8 Å². The van der Waals surface area contributed by atoms with Crippen molar-refractivity contribution in [2.24, 2.45) is 0 Å². The Kier molecular flexibility index (Phi) is 9.17. The van der Waals surface area contributed by atoms with Crippen molar-refractivity contribution < 1.29 is 14.3 Å². The molecule has 1 N–H and O–H groups in total. The van der Waals surface area contributed by atoms with Crippen LogP contribution in [0.1, 0.15) is 32.8 Å². The van der Waals surface area contributed by atoms with E-state index in [0.29, 0.717) is 12.3 Å². The van der Waals surface area contributed by atoms with Gasteiger partial charge < -0.3 is 15.0 Å². The maximum Gasteiger partial charge on any atom is 0.261 e. The lowest BCUT2D eigenvalue weighted by molar-refractivity contribution is -0.142. The molecule has 29 heavy (non-hydrogen) atoms. The summed E-state index contributed by atoms with van der Waals surface area (Å²) in [6.45, 7) is 5.87. The fourth-order valence-corrected chi connectivity index (χ4v) is 3.35. The third-order valence-electron chi connectivity index (χ3n) is 4.59. The summed E-state index contributed by atoms with van der Waals surface area (Å²) in [6, 6.07) is 14.4. The van der Waals surface area contributed by atoms with Gasteiger partial charge >= 0.3 is 0 Å². The molecule has 0 fully saturated rings. The molecule has 7 heteroatoms. The van der Waals surface area contributed by atoms with Gasteiger partial charge in [-0.15, -0.1) is 0 Å². The molecule has 0 aromatic heterocycles. The Labute approximate surface area is 189 Å². The highest BCUT2D eigenvalue weighted by Gasteiger charge is 2.27. The number of nitrogens with zero attached hydrogens (tertiary/aromatic N) is 1. The van der Waals surface area contributed by atoms with Gasteiger partial charge in [-0.25, -0.2) is 0 Å². The molecule has 0 aliphatic carbocycles. The number of benzene rings is 2. The summed E-state index contributed by atoms with van der Waals surface area (Å²) in [4.78, 5) is 27.2. The topological polar surface area (TPSA) is 58.6 Å². The molecule has 0 aliphatic rings. The van der Waals surface area contributed by atoms with Gasteiger partial charge in [0, 0.05) is 21.5 Å². The van der Waals surface area contributed by atoms with Crippen molar-refractivity contribution in [1.82, 2.24) is 10.2 Å². The lowest BCUT2D eigenvalue weighted by Crippen LogP contribution is -2.50. The van der Waals surface area contributed by atoms with E-state index < -0.39 is 6.04 Å². The number of hydrogen-bond donors (Lipinski definition) is 1. The zero-order chi connectivity index (χ0) is 21.4. The molecule has 0 bridgehead atoms. The first-order chi connectivity index (χ1) is 13.8. The van der Waals surface area contributed by atoms with E-state index in [-0.39, 0.29) is 24.5 Å². The van der Waals surface area contributed by atoms with E-state index in [1.807, 2.05) is 50.2 Å². The van der Waals surface area contributed by atoms with Crippen molar-refractivity contribution >= 4 is 43.7 Å². The summed E-state index contributed by atoms with van der Waals surface area (Å²) in [5.74, 6) is 0.173. The fraction of sp³-hybridized carbons (Fsp3) is 0.364. The van der Waals surface area contributed by atoms with Crippen LogP contribution in [0.15, 0.2) is 57.5 Å². The Morgan fingerprint density at radius 3 is 2.38 bits per heavy atom. The number of nitrogens with one attached hydrogen (secondary N) is 1. The second-order valence-electron chi connectivity index (χ2n) is 6.89. The van der Waals surface area contributed by atoms with Crippen LogP contribution in [-0.4, -0.2) is 35.4 Å². The van der Waals surface area contributed by atoms with E-state index in [1.54, 1.807) is 24.0 Å². The highest BCUT2D eigenvalue weighted by molar-refractivity contribution is 9.10. The molecule has 2 amide bonds. The minimum atomic E-state index is -0.621. The molecule has 156 valence electrons. The molecule has 2 atom stereocenters. The quantitative estimate of drug-likeness (QED) is 0.505. The summed E-state index contributed by atoms with van der Waals surface area (Å²) < 4.78 is 7.50. The van der Waals surface area contributed by atoms with Crippen LogP contribution < -0.4 is 10.1 Å². The average molecular weight is 526 g/mol. The predicted molar refractivity (Wildman–Crippen MR) is 122 cm³/mol. The largest absolute Gasteiger partial charge is 0.484 e. The molecular formula is C22H26Br2N2O3. The Morgan fingerprint density at radius 2 is 1.76 bits per heavy atom. The van der Waals surface area contributed by atoms with Crippen LogP contribution in [-0.2, 0) is 16.1 Å². The van der Waals surface area contributed by atoms with E-state index in [0.717, 1.165) is 20.9 Å². The second-order valence-corrected chi connectivity index (χ2v) is 8.72. The lowest BCUT2D eigenvalue weighted by Gasteiger charge is -2.29. The van der Waals surface area contributed by atoms with Gasteiger partial charge in [0.2, 0.25) is 5.91 Å². The van der Waals surface area contributed by atoms with E-state index in [9.17, 15) is 9.59 Å². The minimum absolute atomic E-state index is 0.0480. The minimum Gasteiger partial charge on any atom is -0.484 e. The van der Waals surface area contributed by atoms with Gasteiger partial charge in [-0.3, -0.25) is 9.59 Å². The van der Waals surface area contributed by atoms with E-state index in [2.05, 4.69) is 37.2 Å². The Bertz CT molecular complexity index is 827. The van der Waals surface area contributed by atoms with Gasteiger partial charge in [0.05, 0.1) is 0 Å². The number of amides is 2. The number of hydrogen-bond acceptors (Lipinski definition) is 3. The SMILES string of the molecule is CCC(C)NC(=O)C(C)N(Cc1cccc(Br)c1)C(=O)COc1ccc(Br)cc1. The van der Waals surface area contributed by atoms with Crippen molar-refractivity contribution in [1.29, 1.82) is 0 Å². The first kappa shape index (κ1) is 23.4. The highest BCUT2D eigenvalue weighted by atomic mass is 79.9. The van der Waals surface area contributed by atoms with Crippen LogP contribution in [0.2, 0.25) is 0 Å². The van der Waals surface area contributed by atoms with Gasteiger partial charge in [0.25, 0.3) is 5.91 Å². The monoisotopic (exact) mass is 524 g/mol. The maximum atomic E-state index is 13.0. The summed E-state index contributed by atoms with van der Waals surface area (Å²) in [6.07, 6.45) is 0.824. The van der Waals surface area contributed by atoms with Gasteiger partial charge in [-0.1, -0.05) is 50.9 Å². The standard InChI is InChI=1S/C22H26Br2N2O3/c1-4-15(2)25-22(28)16(3)26(13-17-6-5-7-19(24)12-17)21(27)14-29-20-10-8-18(23)9-11-20/h5-12,15-16H,4,13-14H2,1-3H3,(H,25,28). The Hall–Kier alpha value is -1.86. The molecule has 2 rings (SSSR count). The van der Waals surface area contributed by atoms with E-state index in [4.69, 9.17) is 4.74 Å². The highest BCUT2D eigenvalue weighted by Crippen LogP contribution is 2.18. The van der Waals surface area contributed by atoms with E-state index in [1.165, 1.54) is 0 Å². The molecule has 0 aliphatic heterocycles. The molecule has 0 saturated heterocycles. The summed E-state index contributed by atoms with van der Waals surface area (Å²) in [5, 5.41) is 2.95. The number of carbonyl (C=O) groups is 2. The molecule has 2 aromatic rings. The molecule has 0 saturated carbocycles. The molecule has 2 unspecified atom stereocenters. The van der Waals surface area contributed by atoms with Crippen molar-refractivity contribution in [3.63, 3.8) is 0 Å². The van der Waals surface area contributed by atoms with Crippen LogP contribution in [0.25, 0.3) is 0 Å². The summed E-state index contributed by atoms with van der Waals surface area (Å²) in [7, 11) is 0. The fourth-order valence-electron chi connectivity index (χ4n) is 2.64. The molecule has 0 heterocycles. The number of halogens is 2. The maximum absolute atomic E-state index is 13.0. The van der Waals surface area contributed by atoms with Gasteiger partial charge in [0.15, 0.2) is 6.61 Å². The average Bonchev–Trinajstić information content (AvgIpc) is 2.70. The van der Waals surface area contributed by atoms with Crippen molar-refractivity contribution in [3.8, 4) is 5.75 Å². The van der Waals surface area contributed by atoms with Crippen molar-refractivity contribution in [2.45, 2.75) is 45.8 Å². The van der Waals surface area contributed by atoms with Crippen molar-refractivity contribution in [2.75, 3.05) is 6.61 Å². The number of rotatable bonds is 9. The van der Waals surface area contributed by atoms with Crippen LogP contribution in [0.3, 0.4) is 0 Å². The van der Waals surface area contributed by atoms with Crippen LogP contribution >= 0.6 is 31.9 Å². The molecule has 0 spiro atoms. The molecule has 2 aromatic carbocycles. The zero-order valence-corrected chi connectivity index (χ0v) is 20.0. The second kappa shape index (κ2) is 11.4. The van der Waals surface area contributed by atoms with Gasteiger partial charge in [-0.2, -0.15) is 0 Å². The smallest absolute Gasteiger partial charge is 0.261 e. The Morgan fingerprint density at radius 1 is 1.07 bits per heavy atom.